The van der Waals surface area contributed by atoms with Gasteiger partial charge >= 0.3 is 5.97 Å². The first kappa shape index (κ1) is 8.01. The molecule has 2 N–H and O–H groups in total. The highest BCUT2D eigenvalue weighted by Crippen LogP contribution is 2.27. The van der Waals surface area contributed by atoms with Crippen LogP contribution < -0.4 is 5.32 Å². The highest BCUT2D eigenvalue weighted by atomic mass is 16.5. The Hall–Kier alpha value is -0.610. The van der Waals surface area contributed by atoms with Gasteiger partial charge in [-0.2, -0.15) is 0 Å². The second-order valence-electron chi connectivity index (χ2n) is 3.49. The lowest BCUT2D eigenvalue weighted by atomic mass is 10.2. The molecule has 12 heavy (non-hydrogen) atoms. The first-order valence-electron chi connectivity index (χ1n) is 4.37. The van der Waals surface area contributed by atoms with E-state index in [1.807, 2.05) is 0 Å². The van der Waals surface area contributed by atoms with Crippen molar-refractivity contribution >= 4 is 5.97 Å². The number of rotatable bonds is 3. The van der Waals surface area contributed by atoms with Crippen LogP contribution >= 0.6 is 0 Å². The third-order valence-electron chi connectivity index (χ3n) is 2.30. The normalized spacial score (nSPS) is 35.3. The van der Waals surface area contributed by atoms with Crippen LogP contribution in [0.5, 0.6) is 0 Å². The van der Waals surface area contributed by atoms with Crippen LogP contribution in [0.4, 0.5) is 0 Å². The molecule has 0 aromatic rings. The molecule has 0 aromatic heterocycles. The number of hydrogen-bond acceptors (Lipinski definition) is 3. The number of hydrogen-bond donors (Lipinski definition) is 2. The average molecular weight is 171 g/mol. The van der Waals surface area contributed by atoms with Crippen LogP contribution in [0.25, 0.3) is 0 Å². The third kappa shape index (κ3) is 1.76. The van der Waals surface area contributed by atoms with Crippen molar-refractivity contribution in [1.82, 2.24) is 5.32 Å². The van der Waals surface area contributed by atoms with E-state index < -0.39 is 12.0 Å². The molecule has 1 saturated heterocycles. The van der Waals surface area contributed by atoms with E-state index >= 15 is 0 Å². The zero-order valence-electron chi connectivity index (χ0n) is 6.82. The summed E-state index contributed by atoms with van der Waals surface area (Å²) in [5, 5.41) is 11.6. The van der Waals surface area contributed by atoms with E-state index in [0.717, 1.165) is 12.8 Å². The fourth-order valence-electron chi connectivity index (χ4n) is 1.47. The number of nitrogens with one attached hydrogen (secondary N) is 1. The van der Waals surface area contributed by atoms with Crippen molar-refractivity contribution in [3.63, 3.8) is 0 Å². The number of ether oxygens (including phenoxy) is 1. The number of aliphatic carboxylic acids is 1. The predicted octanol–water partition coefficient (Wildman–Crippen LogP) is -0.0195. The Balaban J connectivity index is 1.76. The lowest BCUT2D eigenvalue weighted by Crippen LogP contribution is -2.29. The summed E-state index contributed by atoms with van der Waals surface area (Å²) >= 11 is 0. The van der Waals surface area contributed by atoms with E-state index in [1.54, 1.807) is 0 Å². The van der Waals surface area contributed by atoms with E-state index in [9.17, 15) is 4.79 Å². The summed E-state index contributed by atoms with van der Waals surface area (Å²) in [4.78, 5) is 10.5. The smallest absolute Gasteiger partial charge is 0.320 e. The molecular weight excluding hydrogens is 158 g/mol. The molecule has 2 fully saturated rings. The molecule has 0 radical (unpaired) electrons. The molecule has 1 unspecified atom stereocenters. The van der Waals surface area contributed by atoms with Gasteiger partial charge in [0.2, 0.25) is 0 Å². The van der Waals surface area contributed by atoms with Crippen molar-refractivity contribution < 1.29 is 14.6 Å². The van der Waals surface area contributed by atoms with E-state index in [2.05, 4.69) is 5.32 Å². The van der Waals surface area contributed by atoms with Crippen molar-refractivity contribution in [3.05, 3.63) is 0 Å². The van der Waals surface area contributed by atoms with Crippen molar-refractivity contribution in [2.24, 2.45) is 0 Å². The minimum Gasteiger partial charge on any atom is -0.480 e. The lowest BCUT2D eigenvalue weighted by Gasteiger charge is -2.08. The Kier molecular flexibility index (Phi) is 2.02. The molecule has 2 atom stereocenters. The van der Waals surface area contributed by atoms with Gasteiger partial charge in [0.15, 0.2) is 0 Å². The van der Waals surface area contributed by atoms with Crippen molar-refractivity contribution in [2.75, 3.05) is 6.54 Å². The van der Waals surface area contributed by atoms with Gasteiger partial charge in [0.1, 0.15) is 6.04 Å². The minimum absolute atomic E-state index is 0.124. The van der Waals surface area contributed by atoms with Gasteiger partial charge < -0.3 is 15.2 Å². The van der Waals surface area contributed by atoms with Crippen LogP contribution in [-0.2, 0) is 9.53 Å². The summed E-state index contributed by atoms with van der Waals surface area (Å²) in [5.74, 6) is -0.767. The zero-order chi connectivity index (χ0) is 8.55. The van der Waals surface area contributed by atoms with Crippen LogP contribution in [0.15, 0.2) is 0 Å². The van der Waals surface area contributed by atoms with Crippen LogP contribution in [0.3, 0.4) is 0 Å². The van der Waals surface area contributed by atoms with E-state index in [-0.39, 0.29) is 6.10 Å². The lowest BCUT2D eigenvalue weighted by molar-refractivity contribution is -0.139. The van der Waals surface area contributed by atoms with E-state index in [0.29, 0.717) is 19.1 Å². The van der Waals surface area contributed by atoms with Gasteiger partial charge in [-0.1, -0.05) is 0 Å². The molecule has 2 aliphatic rings. The quantitative estimate of drug-likeness (QED) is 0.626. The van der Waals surface area contributed by atoms with Gasteiger partial charge in [0, 0.05) is 13.0 Å². The van der Waals surface area contributed by atoms with Crippen LogP contribution in [0.2, 0.25) is 0 Å². The first-order chi connectivity index (χ1) is 5.75. The van der Waals surface area contributed by atoms with Gasteiger partial charge in [-0.05, 0) is 12.8 Å². The average Bonchev–Trinajstić information content (AvgIpc) is 2.66. The molecule has 1 heterocycles. The van der Waals surface area contributed by atoms with Gasteiger partial charge in [-0.25, -0.2) is 0 Å². The van der Waals surface area contributed by atoms with Gasteiger partial charge in [0.05, 0.1) is 12.2 Å². The molecule has 4 heteroatoms. The summed E-state index contributed by atoms with van der Waals surface area (Å²) in [6.07, 6.45) is 3.46. The maximum Gasteiger partial charge on any atom is 0.320 e. The number of carboxylic acid groups (broad SMARTS) is 1. The largest absolute Gasteiger partial charge is 0.480 e. The molecular formula is C8H13NO3. The molecule has 1 aliphatic heterocycles. The SMILES string of the molecule is O=C(O)[C@@H]1CC(OC2CC2)CN1. The van der Waals surface area contributed by atoms with Gasteiger partial charge in [-0.15, -0.1) is 0 Å². The predicted molar refractivity (Wildman–Crippen MR) is 41.9 cm³/mol. The monoisotopic (exact) mass is 171 g/mol. The Morgan fingerprint density at radius 3 is 2.67 bits per heavy atom. The summed E-state index contributed by atoms with van der Waals surface area (Å²) in [6.45, 7) is 0.688. The molecule has 1 aliphatic carbocycles. The molecule has 0 amide bonds. The van der Waals surface area contributed by atoms with Crippen LogP contribution in [0.1, 0.15) is 19.3 Å². The molecule has 2 rings (SSSR count). The zero-order valence-corrected chi connectivity index (χ0v) is 6.82. The molecule has 0 aromatic carbocycles. The number of carbonyl (C=O) groups is 1. The standard InChI is InChI=1S/C8H13NO3/c10-8(11)7-3-6(4-9-7)12-5-1-2-5/h5-7,9H,1-4H2,(H,10,11)/t6?,7-/m0/s1. The van der Waals surface area contributed by atoms with Crippen molar-refractivity contribution in [3.8, 4) is 0 Å². The molecule has 68 valence electrons. The fourth-order valence-corrected chi connectivity index (χ4v) is 1.47. The van der Waals surface area contributed by atoms with Crippen molar-refractivity contribution in [2.45, 2.75) is 37.5 Å². The summed E-state index contributed by atoms with van der Waals surface area (Å²) in [6, 6.07) is -0.395. The van der Waals surface area contributed by atoms with Crippen molar-refractivity contribution in [1.29, 1.82) is 0 Å². The summed E-state index contributed by atoms with van der Waals surface area (Å²) in [7, 11) is 0. The highest BCUT2D eigenvalue weighted by Gasteiger charge is 2.33. The number of carboxylic acids is 1. The summed E-state index contributed by atoms with van der Waals surface area (Å²) < 4.78 is 5.58. The maximum atomic E-state index is 10.5. The Labute approximate surface area is 70.9 Å². The minimum atomic E-state index is -0.767. The molecule has 0 spiro atoms. The van der Waals surface area contributed by atoms with E-state index in [1.165, 1.54) is 0 Å². The highest BCUT2D eigenvalue weighted by molar-refractivity contribution is 5.73. The summed E-state index contributed by atoms with van der Waals surface area (Å²) in [5.41, 5.74) is 0. The Morgan fingerprint density at radius 1 is 1.42 bits per heavy atom. The maximum absolute atomic E-state index is 10.5. The fraction of sp³-hybridized carbons (Fsp3) is 0.875. The van der Waals surface area contributed by atoms with E-state index in [4.69, 9.17) is 9.84 Å². The molecule has 0 bridgehead atoms. The second kappa shape index (κ2) is 3.03. The second-order valence-corrected chi connectivity index (χ2v) is 3.49. The van der Waals surface area contributed by atoms with Crippen LogP contribution in [-0.4, -0.2) is 35.9 Å². The Bertz CT molecular complexity index is 191. The topological polar surface area (TPSA) is 58.6 Å². The molecule has 4 nitrogen and oxygen atoms in total. The van der Waals surface area contributed by atoms with Crippen LogP contribution in [0, 0.1) is 0 Å². The molecule has 1 saturated carbocycles. The van der Waals surface area contributed by atoms with Gasteiger partial charge in [-0.3, -0.25) is 4.79 Å². The third-order valence-corrected chi connectivity index (χ3v) is 2.30. The first-order valence-corrected chi connectivity index (χ1v) is 4.37. The Morgan fingerprint density at radius 2 is 2.17 bits per heavy atom. The van der Waals surface area contributed by atoms with Gasteiger partial charge in [0.25, 0.3) is 0 Å².